The van der Waals surface area contributed by atoms with Gasteiger partial charge in [0.1, 0.15) is 0 Å². The van der Waals surface area contributed by atoms with Crippen LogP contribution in [0.2, 0.25) is 0 Å². The van der Waals surface area contributed by atoms with Crippen LogP contribution in [0.25, 0.3) is 6.08 Å². The van der Waals surface area contributed by atoms with E-state index in [1.54, 1.807) is 38.5 Å². The minimum atomic E-state index is -0.109. The van der Waals surface area contributed by atoms with Gasteiger partial charge < -0.3 is 29.6 Å². The van der Waals surface area contributed by atoms with E-state index >= 15 is 0 Å². The van der Waals surface area contributed by atoms with Gasteiger partial charge in [0.2, 0.25) is 11.5 Å². The maximum atomic E-state index is 13.4. The van der Waals surface area contributed by atoms with Crippen LogP contribution in [0.15, 0.2) is 29.8 Å². The molecule has 0 atom stereocenters. The number of Topliss-reactive ketones (excluding diaryl/α,β-unsaturated/α-hetero) is 1. The molecule has 0 amide bonds. The maximum absolute atomic E-state index is 13.4. The highest BCUT2D eigenvalue weighted by Crippen LogP contribution is 2.47. The molecule has 0 bridgehead atoms. The first-order valence-corrected chi connectivity index (χ1v) is 9.90. The fourth-order valence-corrected chi connectivity index (χ4v) is 3.40. The number of carbonyl (C=O) groups is 1. The standard InChI is InChI=1S/C24H32N2O5/c1-14(2)17(21(27)15-9-10-19(26(3)4)18(25)12-15)11-16-13-20(28-5)23(30-7)24(31-8)22(16)29-6/h9-14H,25H2,1-8H3. The Balaban J connectivity index is 2.66. The summed E-state index contributed by atoms with van der Waals surface area (Å²) in [5, 5.41) is 0. The van der Waals surface area contributed by atoms with Crippen molar-refractivity contribution in [2.45, 2.75) is 13.8 Å². The number of anilines is 2. The minimum Gasteiger partial charge on any atom is -0.493 e. The van der Waals surface area contributed by atoms with Gasteiger partial charge in [-0.05, 0) is 36.3 Å². The lowest BCUT2D eigenvalue weighted by Crippen LogP contribution is -2.13. The Morgan fingerprint density at radius 1 is 0.935 bits per heavy atom. The Bertz CT molecular complexity index is 980. The fraction of sp³-hybridized carbons (Fsp3) is 0.375. The van der Waals surface area contributed by atoms with Crippen molar-refractivity contribution >= 4 is 23.2 Å². The van der Waals surface area contributed by atoms with Crippen LogP contribution in [-0.4, -0.2) is 48.3 Å². The number of hydrogen-bond acceptors (Lipinski definition) is 7. The molecule has 0 radical (unpaired) electrons. The summed E-state index contributed by atoms with van der Waals surface area (Å²) in [6.45, 7) is 3.93. The van der Waals surface area contributed by atoms with E-state index in [1.807, 2.05) is 38.9 Å². The van der Waals surface area contributed by atoms with Crippen LogP contribution in [0.4, 0.5) is 11.4 Å². The number of nitrogens with two attached hydrogens (primary N) is 1. The predicted molar refractivity (Wildman–Crippen MR) is 125 cm³/mol. The second-order valence-electron chi connectivity index (χ2n) is 7.52. The SMILES string of the molecule is COc1cc(C=C(C(=O)c2ccc(N(C)C)c(N)c2)C(C)C)c(OC)c(OC)c1OC. The molecule has 0 spiro atoms. The van der Waals surface area contributed by atoms with E-state index in [1.165, 1.54) is 14.2 Å². The Morgan fingerprint density at radius 3 is 2.00 bits per heavy atom. The lowest BCUT2D eigenvalue weighted by Gasteiger charge is -2.19. The van der Waals surface area contributed by atoms with E-state index in [4.69, 9.17) is 24.7 Å². The molecule has 0 aliphatic rings. The largest absolute Gasteiger partial charge is 0.493 e. The highest BCUT2D eigenvalue weighted by Gasteiger charge is 2.23. The number of rotatable bonds is 9. The van der Waals surface area contributed by atoms with Crippen molar-refractivity contribution in [1.82, 2.24) is 0 Å². The van der Waals surface area contributed by atoms with Crippen molar-refractivity contribution in [3.05, 3.63) is 41.0 Å². The van der Waals surface area contributed by atoms with Gasteiger partial charge in [-0.2, -0.15) is 0 Å². The molecule has 0 aromatic heterocycles. The normalized spacial score (nSPS) is 11.3. The van der Waals surface area contributed by atoms with Crippen LogP contribution in [0.1, 0.15) is 29.8 Å². The molecule has 0 aliphatic heterocycles. The summed E-state index contributed by atoms with van der Waals surface area (Å²) in [4.78, 5) is 15.3. The van der Waals surface area contributed by atoms with Gasteiger partial charge in [-0.15, -0.1) is 0 Å². The monoisotopic (exact) mass is 428 g/mol. The van der Waals surface area contributed by atoms with Crippen molar-refractivity contribution in [2.75, 3.05) is 53.2 Å². The summed E-state index contributed by atoms with van der Waals surface area (Å²) in [5.41, 5.74) is 9.34. The van der Waals surface area contributed by atoms with Crippen molar-refractivity contribution in [1.29, 1.82) is 0 Å². The first-order valence-electron chi connectivity index (χ1n) is 9.90. The molecule has 7 nitrogen and oxygen atoms in total. The molecule has 0 saturated heterocycles. The van der Waals surface area contributed by atoms with Crippen LogP contribution >= 0.6 is 0 Å². The van der Waals surface area contributed by atoms with Crippen molar-refractivity contribution in [3.63, 3.8) is 0 Å². The molecule has 0 fully saturated rings. The van der Waals surface area contributed by atoms with Crippen LogP contribution in [0.5, 0.6) is 23.0 Å². The smallest absolute Gasteiger partial charge is 0.207 e. The Hall–Kier alpha value is -3.35. The number of methoxy groups -OCH3 is 4. The van der Waals surface area contributed by atoms with Gasteiger partial charge in [0, 0.05) is 30.8 Å². The van der Waals surface area contributed by atoms with Gasteiger partial charge in [-0.3, -0.25) is 4.79 Å². The van der Waals surface area contributed by atoms with Crippen LogP contribution < -0.4 is 29.6 Å². The molecule has 2 N–H and O–H groups in total. The van der Waals surface area contributed by atoms with Gasteiger partial charge in [0.15, 0.2) is 17.3 Å². The molecule has 7 heteroatoms. The zero-order valence-corrected chi connectivity index (χ0v) is 19.5. The molecule has 2 aromatic rings. The van der Waals surface area contributed by atoms with Gasteiger partial charge >= 0.3 is 0 Å². The van der Waals surface area contributed by atoms with E-state index in [9.17, 15) is 4.79 Å². The van der Waals surface area contributed by atoms with Crippen LogP contribution in [-0.2, 0) is 0 Å². The van der Waals surface area contributed by atoms with Gasteiger partial charge in [0.25, 0.3) is 0 Å². The Labute approximate surface area is 184 Å². The molecular weight excluding hydrogens is 396 g/mol. The first kappa shape index (κ1) is 23.9. The van der Waals surface area contributed by atoms with E-state index in [0.29, 0.717) is 45.4 Å². The van der Waals surface area contributed by atoms with Crippen LogP contribution in [0, 0.1) is 5.92 Å². The number of ketones is 1. The van der Waals surface area contributed by atoms with E-state index in [2.05, 4.69) is 0 Å². The zero-order chi connectivity index (χ0) is 23.3. The van der Waals surface area contributed by atoms with Crippen molar-refractivity contribution < 1.29 is 23.7 Å². The first-order chi connectivity index (χ1) is 14.7. The molecule has 2 rings (SSSR count). The Kier molecular flexibility index (Phi) is 7.80. The lowest BCUT2D eigenvalue weighted by molar-refractivity contribution is 0.102. The number of nitrogen functional groups attached to an aromatic ring is 1. The number of allylic oxidation sites excluding steroid dienone is 1. The van der Waals surface area contributed by atoms with Crippen molar-refractivity contribution in [2.24, 2.45) is 5.92 Å². The Morgan fingerprint density at radius 2 is 1.55 bits per heavy atom. The molecule has 0 saturated carbocycles. The number of benzene rings is 2. The quantitative estimate of drug-likeness (QED) is 0.362. The molecule has 168 valence electrons. The van der Waals surface area contributed by atoms with Crippen molar-refractivity contribution in [3.8, 4) is 23.0 Å². The van der Waals surface area contributed by atoms with Gasteiger partial charge in [-0.25, -0.2) is 0 Å². The second-order valence-corrected chi connectivity index (χ2v) is 7.52. The topological polar surface area (TPSA) is 83.3 Å². The summed E-state index contributed by atoms with van der Waals surface area (Å²) in [5.74, 6) is 1.58. The van der Waals surface area contributed by atoms with E-state index < -0.39 is 0 Å². The molecular formula is C24H32N2O5. The molecule has 0 unspecified atom stereocenters. The number of carbonyl (C=O) groups excluding carboxylic acids is 1. The number of hydrogen-bond donors (Lipinski definition) is 1. The molecule has 0 heterocycles. The summed E-state index contributed by atoms with van der Waals surface area (Å²) < 4.78 is 22.0. The van der Waals surface area contributed by atoms with E-state index in [-0.39, 0.29) is 11.7 Å². The summed E-state index contributed by atoms with van der Waals surface area (Å²) in [7, 11) is 9.95. The number of ether oxygens (including phenoxy) is 4. The van der Waals surface area contributed by atoms with Crippen LogP contribution in [0.3, 0.4) is 0 Å². The third-order valence-corrected chi connectivity index (χ3v) is 4.98. The van der Waals surface area contributed by atoms with E-state index in [0.717, 1.165) is 5.69 Å². The molecule has 31 heavy (non-hydrogen) atoms. The highest BCUT2D eigenvalue weighted by atomic mass is 16.5. The summed E-state index contributed by atoms with van der Waals surface area (Å²) >= 11 is 0. The number of nitrogens with zero attached hydrogens (tertiary/aromatic N) is 1. The third-order valence-electron chi connectivity index (χ3n) is 4.98. The summed E-state index contributed by atoms with van der Waals surface area (Å²) in [6, 6.07) is 7.11. The fourth-order valence-electron chi connectivity index (χ4n) is 3.40. The third kappa shape index (κ3) is 4.87. The average molecular weight is 429 g/mol. The zero-order valence-electron chi connectivity index (χ0n) is 19.5. The lowest BCUT2D eigenvalue weighted by atomic mass is 9.91. The highest BCUT2D eigenvalue weighted by molar-refractivity contribution is 6.12. The molecule has 0 aliphatic carbocycles. The molecule has 2 aromatic carbocycles. The minimum absolute atomic E-state index is 0.0500. The van der Waals surface area contributed by atoms with Gasteiger partial charge in [-0.1, -0.05) is 13.8 Å². The summed E-state index contributed by atoms with van der Waals surface area (Å²) in [6.07, 6.45) is 1.80. The average Bonchev–Trinajstić information content (AvgIpc) is 2.74. The maximum Gasteiger partial charge on any atom is 0.207 e. The second kappa shape index (κ2) is 10.1. The predicted octanol–water partition coefficient (Wildman–Crippen LogP) is 4.29. The van der Waals surface area contributed by atoms with Gasteiger partial charge in [0.05, 0.1) is 39.8 Å².